The van der Waals surface area contributed by atoms with Crippen molar-refractivity contribution in [3.63, 3.8) is 0 Å². The Balaban J connectivity index is -0.0000000190. The molecule has 0 atom stereocenters. The first kappa shape index (κ1) is 23.4. The molecule has 0 aromatic rings. The van der Waals surface area contributed by atoms with Gasteiger partial charge in [0.1, 0.15) is 0 Å². The van der Waals surface area contributed by atoms with Gasteiger partial charge in [-0.05, 0) is 6.92 Å². The molecule has 0 spiro atoms. The summed E-state index contributed by atoms with van der Waals surface area (Å²) >= 11 is 0. The van der Waals surface area contributed by atoms with Crippen molar-refractivity contribution in [2.24, 2.45) is 0 Å². The maximum atomic E-state index is 7.00. The lowest BCUT2D eigenvalue weighted by Gasteiger charge is -1.31. The maximum Gasteiger partial charge on any atom is 0.0319 e. The second kappa shape index (κ2) is 869. The zero-order chi connectivity index (χ0) is 8.71. The minimum atomic E-state index is 1.00. The number of allylic oxidation sites excluding steroid dienone is 1. The molecule has 0 aromatic heterocycles. The summed E-state index contributed by atoms with van der Waals surface area (Å²) in [7, 11) is 3.00. The molecule has 9 heavy (non-hydrogen) atoms. The Hall–Kier alpha value is -0.380. The van der Waals surface area contributed by atoms with Gasteiger partial charge in [0.2, 0.25) is 0 Å². The lowest BCUT2D eigenvalue weighted by Crippen LogP contribution is -1.25. The highest BCUT2D eigenvalue weighted by atomic mass is 16.2. The first-order valence-electron chi connectivity index (χ1n) is 2.33. The highest BCUT2D eigenvalue weighted by Crippen LogP contribution is 1.38. The van der Waals surface area contributed by atoms with E-state index in [1.165, 1.54) is 0 Å². The van der Waals surface area contributed by atoms with Gasteiger partial charge in [0.25, 0.3) is 0 Å². The molecular formula is C6H18O3. The molecule has 0 rings (SSSR count). The Morgan fingerprint density at radius 2 is 0.889 bits per heavy atom. The molecular weight excluding hydrogens is 120 g/mol. The van der Waals surface area contributed by atoms with Gasteiger partial charge in [-0.1, -0.05) is 6.08 Å². The van der Waals surface area contributed by atoms with E-state index in [0.29, 0.717) is 0 Å². The molecule has 0 fully saturated rings. The number of rotatable bonds is 0. The van der Waals surface area contributed by atoms with Gasteiger partial charge < -0.3 is 15.3 Å². The highest BCUT2D eigenvalue weighted by molar-refractivity contribution is 4.51. The molecule has 60 valence electrons. The maximum absolute atomic E-state index is 7.00. The fourth-order valence-corrected chi connectivity index (χ4v) is 0. The first-order chi connectivity index (χ1) is 4.41. The molecule has 0 aromatic carbocycles. The summed E-state index contributed by atoms with van der Waals surface area (Å²) in [5.74, 6) is 0. The molecule has 0 bridgehead atoms. The van der Waals surface area contributed by atoms with Gasteiger partial charge in [0, 0.05) is 21.3 Å². The third-order valence-electron chi connectivity index (χ3n) is 0. The smallest absolute Gasteiger partial charge is 0.0319 e. The van der Waals surface area contributed by atoms with Crippen LogP contribution in [-0.4, -0.2) is 36.6 Å². The zero-order valence-corrected chi connectivity index (χ0v) is 6.63. The molecule has 0 heterocycles. The van der Waals surface area contributed by atoms with E-state index in [9.17, 15) is 0 Å². The molecule has 0 aliphatic rings. The number of hydrogen-bond acceptors (Lipinski definition) is 3. The predicted octanol–water partition coefficient (Wildman–Crippen LogP) is 0.0178. The fraction of sp³-hybridized carbons (Fsp3) is 0.667. The summed E-state index contributed by atoms with van der Waals surface area (Å²) in [6.45, 7) is 5.25. The standard InChI is InChI=1S/C3H6.3CH4O/c1-3-2;3*1-2/h3H,1H2,2H3;3*2H,1H3. The third-order valence-corrected chi connectivity index (χ3v) is 0. The van der Waals surface area contributed by atoms with Crippen molar-refractivity contribution in [1.82, 2.24) is 0 Å². The highest BCUT2D eigenvalue weighted by Gasteiger charge is 1.15. The normalized spacial score (nSPS) is 3.44. The lowest BCUT2D eigenvalue weighted by atomic mass is 10.8. The number of hydrogen-bond donors (Lipinski definition) is 3. The average Bonchev–Trinajstić information content (AvgIpc) is 2.01. The molecule has 0 saturated heterocycles. The Kier molecular flexibility index (Phi) is 2260. The van der Waals surface area contributed by atoms with E-state index in [1.807, 2.05) is 6.92 Å². The fourth-order valence-electron chi connectivity index (χ4n) is 0. The molecule has 0 radical (unpaired) electrons. The largest absolute Gasteiger partial charge is 0.400 e. The summed E-state index contributed by atoms with van der Waals surface area (Å²) in [6, 6.07) is 0. The van der Waals surface area contributed by atoms with Crippen molar-refractivity contribution in [3.8, 4) is 0 Å². The van der Waals surface area contributed by atoms with E-state index in [1.54, 1.807) is 6.08 Å². The Morgan fingerprint density at radius 3 is 0.889 bits per heavy atom. The summed E-state index contributed by atoms with van der Waals surface area (Å²) < 4.78 is 0. The van der Waals surface area contributed by atoms with Crippen LogP contribution in [0.1, 0.15) is 6.92 Å². The lowest BCUT2D eigenvalue weighted by molar-refractivity contribution is 0.399. The van der Waals surface area contributed by atoms with Crippen molar-refractivity contribution >= 4 is 0 Å². The molecule has 3 heteroatoms. The van der Waals surface area contributed by atoms with E-state index in [2.05, 4.69) is 6.58 Å². The van der Waals surface area contributed by atoms with Crippen LogP contribution in [0.3, 0.4) is 0 Å². The topological polar surface area (TPSA) is 60.7 Å². The van der Waals surface area contributed by atoms with Crippen LogP contribution < -0.4 is 0 Å². The monoisotopic (exact) mass is 138 g/mol. The summed E-state index contributed by atoms with van der Waals surface area (Å²) in [5.41, 5.74) is 0. The van der Waals surface area contributed by atoms with Gasteiger partial charge in [0.15, 0.2) is 0 Å². The summed E-state index contributed by atoms with van der Waals surface area (Å²) in [6.07, 6.45) is 1.75. The van der Waals surface area contributed by atoms with Crippen LogP contribution in [0, 0.1) is 0 Å². The van der Waals surface area contributed by atoms with E-state index in [-0.39, 0.29) is 0 Å². The van der Waals surface area contributed by atoms with Gasteiger partial charge >= 0.3 is 0 Å². The van der Waals surface area contributed by atoms with Gasteiger partial charge in [-0.3, -0.25) is 0 Å². The average molecular weight is 138 g/mol. The van der Waals surface area contributed by atoms with E-state index in [4.69, 9.17) is 15.3 Å². The van der Waals surface area contributed by atoms with Crippen LogP contribution in [0.15, 0.2) is 12.7 Å². The molecule has 0 saturated carbocycles. The Bertz CT molecular complexity index is 15.8. The van der Waals surface area contributed by atoms with E-state index in [0.717, 1.165) is 21.3 Å². The van der Waals surface area contributed by atoms with Gasteiger partial charge in [-0.25, -0.2) is 0 Å². The third kappa shape index (κ3) is 1670. The molecule has 0 amide bonds. The van der Waals surface area contributed by atoms with Crippen molar-refractivity contribution < 1.29 is 15.3 Å². The van der Waals surface area contributed by atoms with Crippen LogP contribution in [-0.2, 0) is 0 Å². The summed E-state index contributed by atoms with van der Waals surface area (Å²) in [4.78, 5) is 0. The molecule has 0 unspecified atom stereocenters. The van der Waals surface area contributed by atoms with Crippen LogP contribution in [0.4, 0.5) is 0 Å². The van der Waals surface area contributed by atoms with Gasteiger partial charge in [-0.2, -0.15) is 0 Å². The van der Waals surface area contributed by atoms with Gasteiger partial charge in [0.05, 0.1) is 0 Å². The van der Waals surface area contributed by atoms with Crippen LogP contribution in [0.5, 0.6) is 0 Å². The quantitative estimate of drug-likeness (QED) is 0.413. The second-order valence-corrected chi connectivity index (χ2v) is 0.408. The van der Waals surface area contributed by atoms with E-state index >= 15 is 0 Å². The SMILES string of the molecule is C=CC.CO.CO.CO. The Morgan fingerprint density at radius 1 is 0.889 bits per heavy atom. The van der Waals surface area contributed by atoms with Gasteiger partial charge in [-0.15, -0.1) is 6.58 Å². The summed E-state index contributed by atoms with van der Waals surface area (Å²) in [5, 5.41) is 21.0. The van der Waals surface area contributed by atoms with Crippen LogP contribution in [0.25, 0.3) is 0 Å². The number of aliphatic hydroxyl groups excluding tert-OH is 3. The second-order valence-electron chi connectivity index (χ2n) is 0.408. The molecule has 3 N–H and O–H groups in total. The van der Waals surface area contributed by atoms with Crippen molar-refractivity contribution in [2.45, 2.75) is 6.92 Å². The molecule has 0 aliphatic carbocycles. The zero-order valence-electron chi connectivity index (χ0n) is 6.63. The van der Waals surface area contributed by atoms with Crippen molar-refractivity contribution in [2.75, 3.05) is 21.3 Å². The number of aliphatic hydroxyl groups is 3. The van der Waals surface area contributed by atoms with E-state index < -0.39 is 0 Å². The van der Waals surface area contributed by atoms with Crippen LogP contribution >= 0.6 is 0 Å². The minimum Gasteiger partial charge on any atom is -0.400 e. The minimum absolute atomic E-state index is 1.00. The predicted molar refractivity (Wildman–Crippen MR) is 40.3 cm³/mol. The first-order valence-corrected chi connectivity index (χ1v) is 2.33. The molecule has 0 aliphatic heterocycles. The van der Waals surface area contributed by atoms with Crippen molar-refractivity contribution in [1.29, 1.82) is 0 Å². The van der Waals surface area contributed by atoms with Crippen LogP contribution in [0.2, 0.25) is 0 Å². The molecule has 3 nitrogen and oxygen atoms in total. The Labute approximate surface area is 57.3 Å². The van der Waals surface area contributed by atoms with Crippen molar-refractivity contribution in [3.05, 3.63) is 12.7 Å².